The minimum atomic E-state index is -3.17. The van der Waals surface area contributed by atoms with Crippen molar-refractivity contribution in [3.63, 3.8) is 0 Å². The fourth-order valence-electron chi connectivity index (χ4n) is 3.66. The van der Waals surface area contributed by atoms with Gasteiger partial charge in [0.25, 0.3) is 0 Å². The molecule has 0 saturated heterocycles. The molecule has 0 fully saturated rings. The molecule has 1 aliphatic rings. The fourth-order valence-corrected chi connectivity index (χ4v) is 18.9. The minimum absolute atomic E-state index is 0.129. The Labute approximate surface area is 151 Å². The topological polar surface area (TPSA) is 9.23 Å². The number of halogens is 2. The molecule has 0 radical (unpaired) electrons. The summed E-state index contributed by atoms with van der Waals surface area (Å²) >= 11 is -3.17. The summed E-state index contributed by atoms with van der Waals surface area (Å²) in [5, 5.41) is 0. The van der Waals surface area contributed by atoms with Gasteiger partial charge in [-0.15, -0.1) is 0 Å². The van der Waals surface area contributed by atoms with Crippen LogP contribution in [0.25, 0.3) is 0 Å². The second kappa shape index (κ2) is 12.3. The quantitative estimate of drug-likeness (QED) is 0.169. The average molecular weight is 449 g/mol. The van der Waals surface area contributed by atoms with E-state index in [-0.39, 0.29) is 9.88 Å². The number of unbranched alkanes of at least 4 members (excludes halogenated alkanes) is 3. The van der Waals surface area contributed by atoms with E-state index in [2.05, 4.69) is 26.8 Å². The Morgan fingerprint density at radius 3 is 1.92 bits per heavy atom. The second-order valence-corrected chi connectivity index (χ2v) is 20.1. The van der Waals surface area contributed by atoms with Gasteiger partial charge < -0.3 is 0 Å². The average Bonchev–Trinajstić information content (AvgIpc) is 2.60. The summed E-state index contributed by atoms with van der Waals surface area (Å²) in [5.74, 6) is 0. The van der Waals surface area contributed by atoms with Crippen LogP contribution in [0.5, 0.6) is 0 Å². The van der Waals surface area contributed by atoms with Crippen LogP contribution in [0.2, 0.25) is 13.3 Å². The Balaban J connectivity index is 3.08. The van der Waals surface area contributed by atoms with Crippen molar-refractivity contribution in [2.45, 2.75) is 98.0 Å². The molecule has 1 atom stereocenters. The summed E-state index contributed by atoms with van der Waals surface area (Å²) in [4.78, 5) is 0. The van der Waals surface area contributed by atoms with E-state index >= 15 is 0 Å². The molecular weight excluding hydrogens is 413 g/mol. The van der Waals surface area contributed by atoms with Crippen LogP contribution in [0.15, 0.2) is 22.0 Å². The Kier molecular flexibility index (Phi) is 11.3. The maximum absolute atomic E-state index is 14.0. The first-order chi connectivity index (χ1) is 11.6. The molecule has 140 valence electrons. The summed E-state index contributed by atoms with van der Waals surface area (Å²) < 4.78 is 37.4. The first-order valence-electron chi connectivity index (χ1n) is 9.98. The van der Waals surface area contributed by atoms with E-state index in [1.54, 1.807) is 0 Å². The normalized spacial score (nSPS) is 17.8. The van der Waals surface area contributed by atoms with Crippen molar-refractivity contribution in [3.05, 3.63) is 22.0 Å². The molecule has 0 amide bonds. The second-order valence-electron chi connectivity index (χ2n) is 7.20. The number of hydrogen-bond donors (Lipinski definition) is 0. The van der Waals surface area contributed by atoms with Crippen molar-refractivity contribution in [3.8, 4) is 0 Å². The van der Waals surface area contributed by atoms with E-state index < -0.39 is 24.5 Å². The van der Waals surface area contributed by atoms with Gasteiger partial charge in [-0.2, -0.15) is 0 Å². The number of allylic oxidation sites excluding steroid dienone is 1. The van der Waals surface area contributed by atoms with Gasteiger partial charge in [0.15, 0.2) is 0 Å². The zero-order chi connectivity index (χ0) is 17.8. The van der Waals surface area contributed by atoms with Crippen molar-refractivity contribution >= 4 is 18.4 Å². The third kappa shape index (κ3) is 7.05. The van der Waals surface area contributed by atoms with E-state index in [0.29, 0.717) is 0 Å². The molecule has 0 N–H and O–H groups in total. The van der Waals surface area contributed by atoms with Gasteiger partial charge in [-0.1, -0.05) is 0 Å². The first-order valence-corrected chi connectivity index (χ1v) is 17.5. The van der Waals surface area contributed by atoms with E-state index in [9.17, 15) is 8.78 Å². The van der Waals surface area contributed by atoms with Gasteiger partial charge in [0.1, 0.15) is 0 Å². The van der Waals surface area contributed by atoms with Crippen molar-refractivity contribution in [1.29, 1.82) is 0 Å². The molecule has 0 bridgehead atoms. The number of hydrogen-bond acceptors (Lipinski definition) is 1. The van der Waals surface area contributed by atoms with E-state index in [4.69, 9.17) is 4.74 Å². The predicted octanol–water partition coefficient (Wildman–Crippen LogP) is 7.61. The van der Waals surface area contributed by atoms with E-state index in [0.717, 1.165) is 71.1 Å². The third-order valence-electron chi connectivity index (χ3n) is 5.16. The molecule has 0 heterocycles. The van der Waals surface area contributed by atoms with Crippen LogP contribution >= 0.6 is 0 Å². The predicted molar refractivity (Wildman–Crippen MR) is 102 cm³/mol. The van der Waals surface area contributed by atoms with Gasteiger partial charge in [-0.3, -0.25) is 0 Å². The van der Waals surface area contributed by atoms with Crippen LogP contribution in [-0.4, -0.2) is 24.5 Å². The Hall–Kier alpha value is -0.0613. The summed E-state index contributed by atoms with van der Waals surface area (Å²) in [6.07, 6.45) is 11.9. The Bertz CT molecular complexity index is 381. The molecule has 0 aliphatic heterocycles. The molecule has 0 spiro atoms. The molecule has 0 aromatic rings. The Morgan fingerprint density at radius 1 is 1.00 bits per heavy atom. The van der Waals surface area contributed by atoms with Crippen molar-refractivity contribution in [1.82, 2.24) is 0 Å². The molecule has 1 aliphatic carbocycles. The third-order valence-corrected chi connectivity index (χ3v) is 20.0. The maximum atomic E-state index is 14.0. The molecule has 4 heteroatoms. The fraction of sp³-hybridized carbons (Fsp3) is 0.800. The van der Waals surface area contributed by atoms with Crippen LogP contribution in [0.1, 0.15) is 78.6 Å². The first kappa shape index (κ1) is 22.0. The van der Waals surface area contributed by atoms with E-state index in [1.807, 2.05) is 6.08 Å². The van der Waals surface area contributed by atoms with Crippen molar-refractivity contribution < 1.29 is 13.5 Å². The zero-order valence-corrected chi connectivity index (χ0v) is 18.7. The summed E-state index contributed by atoms with van der Waals surface area (Å²) in [6, 6.07) is 0. The van der Waals surface area contributed by atoms with Gasteiger partial charge in [-0.25, -0.2) is 0 Å². The van der Waals surface area contributed by atoms with Crippen LogP contribution in [-0.2, 0) is 4.74 Å². The van der Waals surface area contributed by atoms with Crippen LogP contribution in [0, 0.1) is 0 Å². The molecule has 0 saturated carbocycles. The van der Waals surface area contributed by atoms with Crippen LogP contribution in [0.3, 0.4) is 0 Å². The molecule has 1 nitrogen and oxygen atoms in total. The molecule has 0 aromatic heterocycles. The summed E-state index contributed by atoms with van der Waals surface area (Å²) in [7, 11) is 0. The van der Waals surface area contributed by atoms with Crippen molar-refractivity contribution in [2.24, 2.45) is 0 Å². The molecule has 0 aromatic carbocycles. The standard InChI is InChI=1S/C8H9F2O.3C4H9.Sn/c9-8(10)6-11-7-4-2-1-3-5-7;3*1-3-4-2;/h2,4,7H,1,3,5H2;3*1,3-4H2,2H3;. The Morgan fingerprint density at radius 2 is 1.54 bits per heavy atom. The van der Waals surface area contributed by atoms with Gasteiger partial charge >= 0.3 is 152 Å². The molecular formula is C20H36F2OSn. The summed E-state index contributed by atoms with van der Waals surface area (Å²) in [6.45, 7) is 6.49. The van der Waals surface area contributed by atoms with Crippen LogP contribution in [0.4, 0.5) is 8.78 Å². The SMILES string of the molecule is CCC[CH2][Sn]([CH2]CCC)([CH2]CCC)[C](OC1C=CCCC1)=C(F)F. The summed E-state index contributed by atoms with van der Waals surface area (Å²) in [5.41, 5.74) is 0. The molecule has 1 rings (SSSR count). The van der Waals surface area contributed by atoms with Gasteiger partial charge in [0, 0.05) is 0 Å². The van der Waals surface area contributed by atoms with Gasteiger partial charge in [0.2, 0.25) is 0 Å². The van der Waals surface area contributed by atoms with Crippen molar-refractivity contribution in [2.75, 3.05) is 0 Å². The van der Waals surface area contributed by atoms with Gasteiger partial charge in [-0.05, 0) is 0 Å². The molecule has 24 heavy (non-hydrogen) atoms. The zero-order valence-electron chi connectivity index (χ0n) is 15.9. The monoisotopic (exact) mass is 450 g/mol. The number of rotatable bonds is 12. The van der Waals surface area contributed by atoms with Gasteiger partial charge in [0.05, 0.1) is 0 Å². The number of ether oxygens (including phenoxy) is 1. The van der Waals surface area contributed by atoms with E-state index in [1.165, 1.54) is 0 Å². The van der Waals surface area contributed by atoms with Crippen LogP contribution < -0.4 is 0 Å². The molecule has 1 unspecified atom stereocenters.